The van der Waals surface area contributed by atoms with E-state index in [1.54, 1.807) is 6.20 Å². The van der Waals surface area contributed by atoms with Crippen molar-refractivity contribution in [3.8, 4) is 6.07 Å². The second-order valence-corrected chi connectivity index (χ2v) is 7.79. The van der Waals surface area contributed by atoms with Gasteiger partial charge in [0.15, 0.2) is 0 Å². The van der Waals surface area contributed by atoms with Crippen molar-refractivity contribution >= 4 is 16.6 Å². The molecule has 1 aliphatic heterocycles. The van der Waals surface area contributed by atoms with E-state index in [4.69, 9.17) is 0 Å². The Morgan fingerprint density at radius 1 is 1.14 bits per heavy atom. The van der Waals surface area contributed by atoms with Crippen LogP contribution in [0, 0.1) is 31.1 Å². The van der Waals surface area contributed by atoms with Crippen molar-refractivity contribution in [3.05, 3.63) is 70.9 Å². The monoisotopic (exact) mass is 371 g/mol. The number of nitriles is 1. The van der Waals surface area contributed by atoms with Gasteiger partial charge in [0.05, 0.1) is 22.9 Å². The van der Waals surface area contributed by atoms with Crippen molar-refractivity contribution < 1.29 is 5.11 Å². The molecule has 1 fully saturated rings. The van der Waals surface area contributed by atoms with Crippen LogP contribution in [-0.4, -0.2) is 23.2 Å². The molecular weight excluding hydrogens is 346 g/mol. The quantitative estimate of drug-likeness (QED) is 0.727. The lowest BCUT2D eigenvalue weighted by Crippen LogP contribution is -2.36. The summed E-state index contributed by atoms with van der Waals surface area (Å²) < 4.78 is 0. The van der Waals surface area contributed by atoms with Crippen molar-refractivity contribution in [3.63, 3.8) is 0 Å². The zero-order valence-electron chi connectivity index (χ0n) is 16.4. The number of pyridine rings is 1. The van der Waals surface area contributed by atoms with E-state index < -0.39 is 6.10 Å². The van der Waals surface area contributed by atoms with Crippen LogP contribution < -0.4 is 4.90 Å². The van der Waals surface area contributed by atoms with E-state index in [9.17, 15) is 10.4 Å². The Bertz CT molecular complexity index is 1030. The molecule has 0 amide bonds. The number of aromatic nitrogens is 1. The molecule has 4 heteroatoms. The molecule has 1 aromatic heterocycles. The maximum atomic E-state index is 10.8. The van der Waals surface area contributed by atoms with E-state index >= 15 is 0 Å². The number of aryl methyl sites for hydroxylation is 2. The first-order chi connectivity index (χ1) is 13.6. The molecule has 1 atom stereocenters. The van der Waals surface area contributed by atoms with Gasteiger partial charge in [0.1, 0.15) is 6.07 Å². The van der Waals surface area contributed by atoms with E-state index in [1.165, 1.54) is 5.56 Å². The lowest BCUT2D eigenvalue weighted by molar-refractivity contribution is 0.0930. The van der Waals surface area contributed by atoms with Gasteiger partial charge in [-0.25, -0.2) is 0 Å². The molecule has 1 N–H and O–H groups in total. The summed E-state index contributed by atoms with van der Waals surface area (Å²) in [4.78, 5) is 6.84. The number of aliphatic hydroxyl groups excluding tert-OH is 1. The van der Waals surface area contributed by atoms with E-state index in [0.29, 0.717) is 5.56 Å². The lowest BCUT2D eigenvalue weighted by atomic mass is 9.87. The van der Waals surface area contributed by atoms with Gasteiger partial charge in [0.25, 0.3) is 0 Å². The molecule has 0 radical (unpaired) electrons. The number of piperidine rings is 1. The predicted molar refractivity (Wildman–Crippen MR) is 112 cm³/mol. The minimum Gasteiger partial charge on any atom is -0.388 e. The van der Waals surface area contributed by atoms with Crippen LogP contribution in [0.4, 0.5) is 5.69 Å². The lowest BCUT2D eigenvalue weighted by Gasteiger charge is -2.36. The zero-order valence-corrected chi connectivity index (χ0v) is 16.4. The summed E-state index contributed by atoms with van der Waals surface area (Å²) in [5.74, 6) is 0.237. The Kier molecular flexibility index (Phi) is 5.02. The summed E-state index contributed by atoms with van der Waals surface area (Å²) in [6, 6.07) is 16.5. The van der Waals surface area contributed by atoms with Gasteiger partial charge >= 0.3 is 0 Å². The second-order valence-electron chi connectivity index (χ2n) is 7.79. The summed E-state index contributed by atoms with van der Waals surface area (Å²) >= 11 is 0. The highest BCUT2D eigenvalue weighted by Crippen LogP contribution is 2.37. The van der Waals surface area contributed by atoms with Gasteiger partial charge in [-0.1, -0.05) is 42.0 Å². The smallest absolute Gasteiger partial charge is 0.103 e. The number of fused-ring (bicyclic) bond motifs is 1. The third kappa shape index (κ3) is 3.34. The topological polar surface area (TPSA) is 60.2 Å². The highest BCUT2D eigenvalue weighted by Gasteiger charge is 2.28. The zero-order chi connectivity index (χ0) is 19.7. The number of hydrogen-bond acceptors (Lipinski definition) is 4. The molecule has 0 spiro atoms. The summed E-state index contributed by atoms with van der Waals surface area (Å²) in [5.41, 5.74) is 5.88. The molecule has 0 aliphatic carbocycles. The number of benzene rings is 2. The summed E-state index contributed by atoms with van der Waals surface area (Å²) in [6.45, 7) is 5.81. The number of hydrogen-bond donors (Lipinski definition) is 1. The molecule has 3 aromatic rings. The summed E-state index contributed by atoms with van der Waals surface area (Å²) in [5, 5.41) is 21.5. The molecule has 2 aromatic carbocycles. The number of nitrogens with zero attached hydrogens (tertiary/aromatic N) is 3. The van der Waals surface area contributed by atoms with E-state index in [1.807, 2.05) is 30.3 Å². The van der Waals surface area contributed by atoms with Crippen LogP contribution in [-0.2, 0) is 0 Å². The van der Waals surface area contributed by atoms with Crippen LogP contribution in [0.5, 0.6) is 0 Å². The third-order valence-corrected chi connectivity index (χ3v) is 5.84. The van der Waals surface area contributed by atoms with Gasteiger partial charge in [-0.2, -0.15) is 5.26 Å². The predicted octanol–water partition coefficient (Wildman–Crippen LogP) is 4.67. The van der Waals surface area contributed by atoms with Gasteiger partial charge in [-0.3, -0.25) is 4.98 Å². The number of anilines is 1. The van der Waals surface area contributed by atoms with E-state index in [-0.39, 0.29) is 5.92 Å². The fourth-order valence-corrected chi connectivity index (χ4v) is 4.43. The van der Waals surface area contributed by atoms with Crippen molar-refractivity contribution in [1.82, 2.24) is 4.98 Å². The largest absolute Gasteiger partial charge is 0.388 e. The van der Waals surface area contributed by atoms with Gasteiger partial charge in [-0.05, 0) is 49.8 Å². The maximum absolute atomic E-state index is 10.8. The minimum atomic E-state index is -0.433. The first-order valence-corrected chi connectivity index (χ1v) is 9.86. The molecule has 0 saturated carbocycles. The molecule has 4 nitrogen and oxygen atoms in total. The standard InChI is InChI=1S/C24H25N3O/c1-16-12-17(2)22-21(13-16)23(20(14-25)15-26-22)27-10-8-19(9-11-27)24(28)18-6-4-3-5-7-18/h3-7,12-13,15,19,24,28H,8-11H2,1-2H3. The van der Waals surface area contributed by atoms with Crippen LogP contribution in [0.25, 0.3) is 10.9 Å². The van der Waals surface area contributed by atoms with Crippen molar-refractivity contribution in [2.24, 2.45) is 5.92 Å². The van der Waals surface area contributed by atoms with Gasteiger partial charge in [0, 0.05) is 24.7 Å². The Morgan fingerprint density at radius 3 is 2.54 bits per heavy atom. The van der Waals surface area contributed by atoms with Gasteiger partial charge < -0.3 is 10.0 Å². The van der Waals surface area contributed by atoms with Crippen LogP contribution in [0.15, 0.2) is 48.7 Å². The first-order valence-electron chi connectivity index (χ1n) is 9.86. The van der Waals surface area contributed by atoms with Gasteiger partial charge in [-0.15, -0.1) is 0 Å². The fourth-order valence-electron chi connectivity index (χ4n) is 4.43. The van der Waals surface area contributed by atoms with Crippen LogP contribution in [0.2, 0.25) is 0 Å². The average molecular weight is 371 g/mol. The highest BCUT2D eigenvalue weighted by atomic mass is 16.3. The maximum Gasteiger partial charge on any atom is 0.103 e. The Morgan fingerprint density at radius 2 is 1.86 bits per heavy atom. The van der Waals surface area contributed by atoms with E-state index in [2.05, 4.69) is 41.9 Å². The SMILES string of the molecule is Cc1cc(C)c2ncc(C#N)c(N3CCC(C(O)c4ccccc4)CC3)c2c1. The molecule has 0 bridgehead atoms. The number of rotatable bonds is 3. The molecule has 1 saturated heterocycles. The van der Waals surface area contributed by atoms with Crippen LogP contribution in [0.1, 0.15) is 41.2 Å². The van der Waals surface area contributed by atoms with Crippen molar-refractivity contribution in [2.45, 2.75) is 32.8 Å². The Balaban J connectivity index is 1.63. The first kappa shape index (κ1) is 18.5. The molecule has 28 heavy (non-hydrogen) atoms. The summed E-state index contributed by atoms with van der Waals surface area (Å²) in [7, 11) is 0. The Labute approximate surface area is 166 Å². The summed E-state index contributed by atoms with van der Waals surface area (Å²) in [6.07, 6.45) is 3.06. The van der Waals surface area contributed by atoms with Gasteiger partial charge in [0.2, 0.25) is 0 Å². The van der Waals surface area contributed by atoms with Crippen molar-refractivity contribution in [1.29, 1.82) is 5.26 Å². The van der Waals surface area contributed by atoms with Crippen LogP contribution in [0.3, 0.4) is 0 Å². The molecule has 4 rings (SSSR count). The molecule has 142 valence electrons. The second kappa shape index (κ2) is 7.61. The molecule has 1 unspecified atom stereocenters. The Hall–Kier alpha value is -2.90. The third-order valence-electron chi connectivity index (χ3n) is 5.84. The number of aliphatic hydroxyl groups is 1. The minimum absolute atomic E-state index is 0.237. The van der Waals surface area contributed by atoms with Crippen LogP contribution >= 0.6 is 0 Å². The highest BCUT2D eigenvalue weighted by molar-refractivity contribution is 5.96. The van der Waals surface area contributed by atoms with E-state index in [0.717, 1.165) is 53.6 Å². The normalized spacial score (nSPS) is 16.1. The molecule has 1 aliphatic rings. The molecular formula is C24H25N3O. The average Bonchev–Trinajstić information content (AvgIpc) is 2.73. The van der Waals surface area contributed by atoms with Crippen molar-refractivity contribution in [2.75, 3.05) is 18.0 Å². The molecule has 2 heterocycles. The fraction of sp³-hybridized carbons (Fsp3) is 0.333.